The molecule has 0 radical (unpaired) electrons. The van der Waals surface area contributed by atoms with Crippen LogP contribution in [0.2, 0.25) is 0 Å². The van der Waals surface area contributed by atoms with Gasteiger partial charge in [-0.2, -0.15) is 0 Å². The minimum Gasteiger partial charge on any atom is -0.306 e. The molecule has 0 aromatic heterocycles. The van der Waals surface area contributed by atoms with E-state index < -0.39 is 0 Å². The average Bonchev–Trinajstić information content (AvgIpc) is 2.32. The summed E-state index contributed by atoms with van der Waals surface area (Å²) >= 11 is 0. The quantitative estimate of drug-likeness (QED) is 0.624. The minimum atomic E-state index is 0.153. The van der Waals surface area contributed by atoms with E-state index in [1.807, 2.05) is 0 Å². The maximum atomic E-state index is 3.60. The maximum absolute atomic E-state index is 3.60. The Morgan fingerprint density at radius 3 is 3.00 bits per heavy atom. The molecule has 0 saturated heterocycles. The van der Waals surface area contributed by atoms with Crippen molar-refractivity contribution in [2.75, 3.05) is 6.54 Å². The summed E-state index contributed by atoms with van der Waals surface area (Å²) in [5, 5.41) is 3.60. The smallest absolute Gasteiger partial charge is 0.0362 e. The second-order valence-electron chi connectivity index (χ2n) is 5.57. The van der Waals surface area contributed by atoms with Crippen molar-refractivity contribution in [3.05, 3.63) is 59.8 Å². The van der Waals surface area contributed by atoms with E-state index in [9.17, 15) is 0 Å². The van der Waals surface area contributed by atoms with Crippen LogP contribution in [0.1, 0.15) is 13.8 Å². The molecule has 0 spiro atoms. The number of rotatable bonds is 0. The van der Waals surface area contributed by atoms with E-state index in [1.165, 1.54) is 11.1 Å². The molecule has 0 aromatic carbocycles. The van der Waals surface area contributed by atoms with E-state index in [4.69, 9.17) is 0 Å². The number of nitrogens with one attached hydrogen (secondary N) is 1. The lowest BCUT2D eigenvalue weighted by molar-refractivity contribution is 0.425. The Kier molecular flexibility index (Phi) is 2.44. The van der Waals surface area contributed by atoms with Crippen molar-refractivity contribution in [1.82, 2.24) is 5.32 Å². The summed E-state index contributed by atoms with van der Waals surface area (Å²) in [4.78, 5) is 0. The van der Waals surface area contributed by atoms with Crippen molar-refractivity contribution in [3.63, 3.8) is 0 Å². The molecular weight excluding hydrogens is 206 g/mol. The third-order valence-electron chi connectivity index (χ3n) is 3.97. The minimum absolute atomic E-state index is 0.153. The first-order valence-corrected chi connectivity index (χ1v) is 6.37. The first-order valence-electron chi connectivity index (χ1n) is 6.37. The molecule has 2 aliphatic carbocycles. The van der Waals surface area contributed by atoms with Crippen LogP contribution in [0.25, 0.3) is 0 Å². The summed E-state index contributed by atoms with van der Waals surface area (Å²) in [6.07, 6.45) is 18.0. The molecule has 88 valence electrons. The lowest BCUT2D eigenvalue weighted by Crippen LogP contribution is -2.42. The second kappa shape index (κ2) is 3.85. The van der Waals surface area contributed by atoms with Crippen LogP contribution in [-0.4, -0.2) is 12.6 Å². The predicted octanol–water partition coefficient (Wildman–Crippen LogP) is 3.15. The van der Waals surface area contributed by atoms with Gasteiger partial charge in [-0.25, -0.2) is 0 Å². The highest BCUT2D eigenvalue weighted by Gasteiger charge is 2.35. The molecule has 0 bridgehead atoms. The summed E-state index contributed by atoms with van der Waals surface area (Å²) in [5.74, 6) is 0.505. The van der Waals surface area contributed by atoms with Crippen LogP contribution in [0.5, 0.6) is 0 Å². The monoisotopic (exact) mass is 225 g/mol. The fraction of sp³-hybridized carbons (Fsp3) is 0.375. The Morgan fingerprint density at radius 2 is 2.12 bits per heavy atom. The Labute approximate surface area is 103 Å². The van der Waals surface area contributed by atoms with Gasteiger partial charge in [0.1, 0.15) is 0 Å². The molecule has 1 N–H and O–H groups in total. The van der Waals surface area contributed by atoms with Gasteiger partial charge in [0.05, 0.1) is 0 Å². The molecule has 3 aliphatic rings. The number of hydrogen-bond acceptors (Lipinski definition) is 1. The van der Waals surface area contributed by atoms with Crippen LogP contribution in [0, 0.1) is 11.3 Å². The molecule has 1 nitrogen and oxygen atoms in total. The normalized spacial score (nSPS) is 35.2. The first-order chi connectivity index (χ1) is 8.18. The summed E-state index contributed by atoms with van der Waals surface area (Å²) < 4.78 is 0. The molecule has 0 amide bonds. The van der Waals surface area contributed by atoms with Crippen molar-refractivity contribution in [1.29, 1.82) is 0 Å². The average molecular weight is 225 g/mol. The summed E-state index contributed by atoms with van der Waals surface area (Å²) in [6, 6.07) is 0.440. The summed E-state index contributed by atoms with van der Waals surface area (Å²) in [5.41, 5.74) is 3.11. The molecule has 1 unspecified atom stereocenters. The number of allylic oxidation sites excluding steroid dienone is 6. The Bertz CT molecular complexity index is 472. The highest BCUT2D eigenvalue weighted by molar-refractivity contribution is 5.48. The van der Waals surface area contributed by atoms with Gasteiger partial charge in [-0.3, -0.25) is 0 Å². The highest BCUT2D eigenvalue weighted by atomic mass is 14.9. The molecule has 1 heteroatoms. The standard InChI is InChI=1S/C16H19N/c1-16(2)10-5-11-17-14-9-4-7-12-6-3-8-13(16)15(12)14/h3-10,14-15,17H,11H2,1-2H3/b10-5-/t14-,15?/m0/s1. The van der Waals surface area contributed by atoms with Crippen molar-refractivity contribution in [2.45, 2.75) is 19.9 Å². The number of hydrogen-bond donors (Lipinski definition) is 1. The molecule has 17 heavy (non-hydrogen) atoms. The van der Waals surface area contributed by atoms with Crippen LogP contribution in [0.3, 0.4) is 0 Å². The van der Waals surface area contributed by atoms with E-state index in [2.05, 4.69) is 67.8 Å². The van der Waals surface area contributed by atoms with Gasteiger partial charge in [0, 0.05) is 23.9 Å². The lowest BCUT2D eigenvalue weighted by atomic mass is 9.68. The highest BCUT2D eigenvalue weighted by Crippen LogP contribution is 2.43. The zero-order valence-electron chi connectivity index (χ0n) is 10.5. The van der Waals surface area contributed by atoms with Crippen molar-refractivity contribution in [3.8, 4) is 0 Å². The Balaban J connectivity index is 2.12. The van der Waals surface area contributed by atoms with Crippen molar-refractivity contribution in [2.24, 2.45) is 11.3 Å². The molecule has 1 aliphatic heterocycles. The molecule has 2 atom stereocenters. The van der Waals surface area contributed by atoms with Gasteiger partial charge in [0.25, 0.3) is 0 Å². The van der Waals surface area contributed by atoms with E-state index >= 15 is 0 Å². The van der Waals surface area contributed by atoms with Gasteiger partial charge in [-0.15, -0.1) is 0 Å². The fourth-order valence-corrected chi connectivity index (χ4v) is 3.06. The summed E-state index contributed by atoms with van der Waals surface area (Å²) in [7, 11) is 0. The van der Waals surface area contributed by atoms with Crippen LogP contribution in [0.15, 0.2) is 59.8 Å². The van der Waals surface area contributed by atoms with E-state index in [0.717, 1.165) is 6.54 Å². The van der Waals surface area contributed by atoms with Gasteiger partial charge < -0.3 is 5.32 Å². The molecular formula is C16H19N. The van der Waals surface area contributed by atoms with Crippen LogP contribution < -0.4 is 5.32 Å². The SMILES string of the molecule is CC1(C)/C=C\CN[C@H]2C=CC=C3C=CC=C1C32. The van der Waals surface area contributed by atoms with Crippen molar-refractivity contribution >= 4 is 0 Å². The van der Waals surface area contributed by atoms with Gasteiger partial charge in [0.2, 0.25) is 0 Å². The second-order valence-corrected chi connectivity index (χ2v) is 5.57. The van der Waals surface area contributed by atoms with Gasteiger partial charge >= 0.3 is 0 Å². The van der Waals surface area contributed by atoms with E-state index in [0.29, 0.717) is 12.0 Å². The van der Waals surface area contributed by atoms with Crippen LogP contribution in [0.4, 0.5) is 0 Å². The van der Waals surface area contributed by atoms with Gasteiger partial charge in [0.15, 0.2) is 0 Å². The third kappa shape index (κ3) is 1.75. The third-order valence-corrected chi connectivity index (χ3v) is 3.97. The van der Waals surface area contributed by atoms with E-state index in [1.54, 1.807) is 0 Å². The Morgan fingerprint density at radius 1 is 1.24 bits per heavy atom. The van der Waals surface area contributed by atoms with E-state index in [-0.39, 0.29) is 5.41 Å². The van der Waals surface area contributed by atoms with Gasteiger partial charge in [-0.05, 0) is 5.57 Å². The summed E-state index contributed by atoms with van der Waals surface area (Å²) in [6.45, 7) is 5.58. The van der Waals surface area contributed by atoms with Crippen LogP contribution in [-0.2, 0) is 0 Å². The molecule has 3 rings (SSSR count). The zero-order valence-corrected chi connectivity index (χ0v) is 10.5. The zero-order chi connectivity index (χ0) is 11.9. The first kappa shape index (κ1) is 10.8. The maximum Gasteiger partial charge on any atom is 0.0362 e. The largest absolute Gasteiger partial charge is 0.306 e. The van der Waals surface area contributed by atoms with Crippen molar-refractivity contribution < 1.29 is 0 Å². The molecule has 0 saturated carbocycles. The Hall–Kier alpha value is -1.34. The molecule has 0 fully saturated rings. The van der Waals surface area contributed by atoms with Crippen LogP contribution >= 0.6 is 0 Å². The molecule has 0 aromatic rings. The topological polar surface area (TPSA) is 12.0 Å². The molecule has 1 heterocycles. The predicted molar refractivity (Wildman–Crippen MR) is 72.6 cm³/mol. The lowest BCUT2D eigenvalue weighted by Gasteiger charge is -2.40. The fourth-order valence-electron chi connectivity index (χ4n) is 3.06. The van der Waals surface area contributed by atoms with Gasteiger partial charge in [-0.1, -0.05) is 68.0 Å².